The zero-order chi connectivity index (χ0) is 26.3. The van der Waals surface area contributed by atoms with E-state index in [4.69, 9.17) is 21.1 Å². The Morgan fingerprint density at radius 1 is 1.24 bits per heavy atom. The zero-order valence-electron chi connectivity index (χ0n) is 20.4. The van der Waals surface area contributed by atoms with Gasteiger partial charge >= 0.3 is 0 Å². The van der Waals surface area contributed by atoms with Gasteiger partial charge in [-0.25, -0.2) is 8.42 Å². The van der Waals surface area contributed by atoms with E-state index in [0.717, 1.165) is 53.1 Å². The number of hydrazone groups is 1. The lowest BCUT2D eigenvalue weighted by Crippen LogP contribution is -2.30. The first-order valence-electron chi connectivity index (χ1n) is 11.9. The van der Waals surface area contributed by atoms with E-state index in [1.54, 1.807) is 18.2 Å². The van der Waals surface area contributed by atoms with Crippen molar-refractivity contribution in [3.05, 3.63) is 87.3 Å². The first-order valence-corrected chi connectivity index (χ1v) is 14.3. The number of furan rings is 1. The number of benzene rings is 2. The molecule has 1 aliphatic heterocycles. The third kappa shape index (κ3) is 4.99. The summed E-state index contributed by atoms with van der Waals surface area (Å²) in [5.41, 5.74) is 4.53. The van der Waals surface area contributed by atoms with Crippen molar-refractivity contribution in [1.29, 1.82) is 5.26 Å². The number of aryl methyl sites for hydroxylation is 2. The highest BCUT2D eigenvalue weighted by Gasteiger charge is 2.43. The van der Waals surface area contributed by atoms with Gasteiger partial charge in [0.2, 0.25) is 0 Å². The minimum atomic E-state index is -3.15. The Morgan fingerprint density at radius 3 is 2.73 bits per heavy atom. The van der Waals surface area contributed by atoms with Gasteiger partial charge in [0.25, 0.3) is 5.91 Å². The van der Waals surface area contributed by atoms with Crippen molar-refractivity contribution in [2.24, 2.45) is 11.0 Å². The van der Waals surface area contributed by atoms with Crippen LogP contribution in [0.5, 0.6) is 0 Å². The number of nitrogens with one attached hydrogen (secondary N) is 1. The Bertz CT molecular complexity index is 1570. The van der Waals surface area contributed by atoms with Crippen LogP contribution in [0.2, 0.25) is 5.02 Å². The van der Waals surface area contributed by atoms with Gasteiger partial charge in [0.15, 0.2) is 0 Å². The number of sulfone groups is 1. The van der Waals surface area contributed by atoms with Crippen LogP contribution in [0, 0.1) is 24.2 Å². The van der Waals surface area contributed by atoms with E-state index in [2.05, 4.69) is 11.4 Å². The third-order valence-corrected chi connectivity index (χ3v) is 7.99. The fourth-order valence-electron chi connectivity index (χ4n) is 4.96. The van der Waals surface area contributed by atoms with E-state index in [0.29, 0.717) is 16.1 Å². The summed E-state index contributed by atoms with van der Waals surface area (Å²) in [5.74, 6) is 1.25. The molecule has 10 heteroatoms. The largest absolute Gasteiger partial charge is 0.464 e. The van der Waals surface area contributed by atoms with Gasteiger partial charge in [-0.05, 0) is 67.8 Å². The van der Waals surface area contributed by atoms with E-state index in [1.165, 1.54) is 0 Å². The van der Waals surface area contributed by atoms with Crippen LogP contribution < -0.4 is 10.3 Å². The quantitative estimate of drug-likeness (QED) is 0.498. The van der Waals surface area contributed by atoms with E-state index in [1.807, 2.05) is 42.3 Å². The molecule has 0 spiro atoms. The van der Waals surface area contributed by atoms with Crippen LogP contribution in [-0.4, -0.2) is 38.6 Å². The number of halogens is 1. The standard InChI is InChI=1S/C27H25ClN4O4S/c1-16-3-10-24(36-16)26-22-9-5-17-13-18(27(33)30-11-12-37(2,34)35)6-8-21(17)25(22)31-32(26)20-7-4-19(15-29)23(28)14-20/h3-4,6-8,10,13-14,22,26H,5,9,11-12H2,1-2H3,(H,30,33). The van der Waals surface area contributed by atoms with Crippen LogP contribution in [-0.2, 0) is 16.3 Å². The highest BCUT2D eigenvalue weighted by molar-refractivity contribution is 7.90. The summed E-state index contributed by atoms with van der Waals surface area (Å²) in [4.78, 5) is 12.6. The lowest BCUT2D eigenvalue weighted by Gasteiger charge is -2.29. The summed E-state index contributed by atoms with van der Waals surface area (Å²) >= 11 is 6.36. The van der Waals surface area contributed by atoms with Gasteiger partial charge in [-0.15, -0.1) is 0 Å². The molecule has 0 saturated heterocycles. The molecule has 1 aliphatic carbocycles. The molecule has 0 fully saturated rings. The van der Waals surface area contributed by atoms with Gasteiger partial charge in [-0.3, -0.25) is 9.80 Å². The van der Waals surface area contributed by atoms with E-state index >= 15 is 0 Å². The number of amides is 1. The van der Waals surface area contributed by atoms with Crippen molar-refractivity contribution in [3.8, 4) is 6.07 Å². The molecule has 1 aromatic heterocycles. The molecule has 5 rings (SSSR count). The van der Waals surface area contributed by atoms with Crippen LogP contribution in [0.25, 0.3) is 0 Å². The Labute approximate surface area is 220 Å². The Kier molecular flexibility index (Phi) is 6.56. The molecule has 0 radical (unpaired) electrons. The molecule has 0 bridgehead atoms. The number of anilines is 1. The number of hydrogen-bond donors (Lipinski definition) is 1. The highest BCUT2D eigenvalue weighted by Crippen LogP contribution is 2.46. The summed E-state index contributed by atoms with van der Waals surface area (Å²) in [6.45, 7) is 1.97. The molecule has 8 nitrogen and oxygen atoms in total. The first-order chi connectivity index (χ1) is 17.6. The van der Waals surface area contributed by atoms with Crippen molar-refractivity contribution < 1.29 is 17.6 Å². The molecule has 3 aromatic rings. The maximum Gasteiger partial charge on any atom is 0.251 e. The molecule has 37 heavy (non-hydrogen) atoms. The number of rotatable bonds is 6. The predicted octanol–water partition coefficient (Wildman–Crippen LogP) is 4.42. The topological polar surface area (TPSA) is 116 Å². The van der Waals surface area contributed by atoms with Crippen molar-refractivity contribution in [2.45, 2.75) is 25.8 Å². The maximum absolute atomic E-state index is 12.6. The third-order valence-electron chi connectivity index (χ3n) is 6.73. The molecular formula is C27H25ClN4O4S. The number of nitrogens with zero attached hydrogens (tertiary/aromatic N) is 3. The van der Waals surface area contributed by atoms with Crippen LogP contribution in [0.3, 0.4) is 0 Å². The minimum absolute atomic E-state index is 0.0573. The molecular weight excluding hydrogens is 512 g/mol. The molecule has 2 atom stereocenters. The lowest BCUT2D eigenvalue weighted by molar-refractivity contribution is 0.0956. The number of carbonyl (C=O) groups excluding carboxylic acids is 1. The van der Waals surface area contributed by atoms with Gasteiger partial charge in [-0.2, -0.15) is 10.4 Å². The number of fused-ring (bicyclic) bond motifs is 3. The van der Waals surface area contributed by atoms with Crippen LogP contribution in [0.1, 0.15) is 51.0 Å². The van der Waals surface area contributed by atoms with Crippen molar-refractivity contribution in [2.75, 3.05) is 23.6 Å². The zero-order valence-corrected chi connectivity index (χ0v) is 21.9. The maximum atomic E-state index is 12.6. The molecule has 1 N–H and O–H groups in total. The van der Waals surface area contributed by atoms with Crippen LogP contribution in [0.4, 0.5) is 5.69 Å². The van der Waals surface area contributed by atoms with Crippen LogP contribution in [0.15, 0.2) is 58.0 Å². The Morgan fingerprint density at radius 2 is 2.05 bits per heavy atom. The number of carbonyl (C=O) groups is 1. The molecule has 2 heterocycles. The Balaban J connectivity index is 1.48. The molecule has 2 unspecified atom stereocenters. The summed E-state index contributed by atoms with van der Waals surface area (Å²) in [5, 5.41) is 19.2. The smallest absolute Gasteiger partial charge is 0.251 e. The second-order valence-corrected chi connectivity index (χ2v) is 12.1. The van der Waals surface area contributed by atoms with Crippen molar-refractivity contribution in [1.82, 2.24) is 5.32 Å². The average molecular weight is 537 g/mol. The van der Waals surface area contributed by atoms with E-state index in [-0.39, 0.29) is 30.2 Å². The van der Waals surface area contributed by atoms with E-state index in [9.17, 15) is 18.5 Å². The number of nitriles is 1. The second-order valence-electron chi connectivity index (χ2n) is 9.40. The van der Waals surface area contributed by atoms with Gasteiger partial charge in [-0.1, -0.05) is 17.7 Å². The van der Waals surface area contributed by atoms with Crippen LogP contribution >= 0.6 is 11.6 Å². The average Bonchev–Trinajstić information content (AvgIpc) is 3.46. The second kappa shape index (κ2) is 9.69. The summed E-state index contributed by atoms with van der Waals surface area (Å²) in [6.07, 6.45) is 2.70. The summed E-state index contributed by atoms with van der Waals surface area (Å²) < 4.78 is 28.8. The lowest BCUT2D eigenvalue weighted by atomic mass is 9.78. The normalized spacial score (nSPS) is 18.5. The molecule has 190 valence electrons. The van der Waals surface area contributed by atoms with Crippen molar-refractivity contribution in [3.63, 3.8) is 0 Å². The molecule has 0 saturated carbocycles. The number of hydrogen-bond acceptors (Lipinski definition) is 7. The molecule has 2 aromatic carbocycles. The van der Waals surface area contributed by atoms with Crippen molar-refractivity contribution >= 4 is 38.7 Å². The van der Waals surface area contributed by atoms with Gasteiger partial charge in [0.05, 0.1) is 27.7 Å². The first kappa shape index (κ1) is 25.1. The monoisotopic (exact) mass is 536 g/mol. The summed E-state index contributed by atoms with van der Waals surface area (Å²) in [7, 11) is -3.15. The molecule has 1 amide bonds. The minimum Gasteiger partial charge on any atom is -0.464 e. The van der Waals surface area contributed by atoms with Gasteiger partial charge in [0.1, 0.15) is 33.5 Å². The fourth-order valence-corrected chi connectivity index (χ4v) is 5.65. The molecule has 2 aliphatic rings. The SMILES string of the molecule is Cc1ccc(C2C3CCc4cc(C(=O)NCCS(C)(=O)=O)ccc4C3=NN2c2ccc(C#N)c(Cl)c2)o1. The predicted molar refractivity (Wildman–Crippen MR) is 142 cm³/mol. The fraction of sp³-hybridized carbons (Fsp3) is 0.296. The van der Waals surface area contributed by atoms with Gasteiger partial charge in [0, 0.05) is 29.8 Å². The summed E-state index contributed by atoms with van der Waals surface area (Å²) in [6, 6.07) is 16.6. The van der Waals surface area contributed by atoms with Gasteiger partial charge < -0.3 is 9.73 Å². The van der Waals surface area contributed by atoms with E-state index < -0.39 is 9.84 Å². The highest BCUT2D eigenvalue weighted by atomic mass is 35.5. The Hall–Kier alpha value is -3.61.